The Labute approximate surface area is 393 Å². The highest BCUT2D eigenvalue weighted by Crippen LogP contribution is 2.52. The van der Waals surface area contributed by atoms with E-state index in [2.05, 4.69) is 179 Å². The molecular weight excluding hydrogens is 833 g/mol. The van der Waals surface area contributed by atoms with Crippen LogP contribution < -0.4 is 9.30 Å². The normalized spacial score (nSPS) is 11.8. The lowest BCUT2D eigenvalue weighted by atomic mass is 9.93. The Morgan fingerprint density at radius 2 is 1.22 bits per heavy atom. The average molecular weight is 875 g/mol. The summed E-state index contributed by atoms with van der Waals surface area (Å²) in [6.45, 7) is 4.46. The second-order valence-corrected chi connectivity index (χ2v) is 17.7. The maximum Gasteiger partial charge on any atom is 0.269 e. The van der Waals surface area contributed by atoms with E-state index in [0.717, 1.165) is 78.7 Å². The summed E-state index contributed by atoms with van der Waals surface area (Å²) >= 11 is 0. The molecular formula is C61H42N6O. The van der Waals surface area contributed by atoms with E-state index in [-0.39, 0.29) is 0 Å². The van der Waals surface area contributed by atoms with Crippen LogP contribution in [0.15, 0.2) is 213 Å². The molecule has 0 atom stereocenters. The molecule has 0 unspecified atom stereocenters. The van der Waals surface area contributed by atoms with E-state index in [1.54, 1.807) is 0 Å². The Kier molecular flexibility index (Phi) is 9.22. The molecule has 7 nitrogen and oxygen atoms in total. The number of hydrogen-bond donors (Lipinski definition) is 0. The number of fused-ring (bicyclic) bond motifs is 8. The molecule has 1 aliphatic rings. The number of rotatable bonds is 8. The van der Waals surface area contributed by atoms with Gasteiger partial charge < -0.3 is 4.74 Å². The number of benzene rings is 7. The maximum atomic E-state index is 6.89. The van der Waals surface area contributed by atoms with E-state index >= 15 is 0 Å². The van der Waals surface area contributed by atoms with Gasteiger partial charge in [-0.25, -0.2) is 4.98 Å². The second kappa shape index (κ2) is 15.9. The van der Waals surface area contributed by atoms with E-state index < -0.39 is 0 Å². The molecule has 0 radical (unpaired) electrons. The van der Waals surface area contributed by atoms with Crippen LogP contribution in [0, 0.1) is 6.33 Å². The molecule has 0 bridgehead atoms. The zero-order valence-corrected chi connectivity index (χ0v) is 37.4. The van der Waals surface area contributed by atoms with Gasteiger partial charge in [0.1, 0.15) is 17.3 Å². The molecule has 13 rings (SSSR count). The molecule has 0 N–H and O–H groups in total. The summed E-state index contributed by atoms with van der Waals surface area (Å²) in [6, 6.07) is 68.1. The van der Waals surface area contributed by atoms with Crippen LogP contribution in [-0.4, -0.2) is 24.1 Å². The zero-order valence-electron chi connectivity index (χ0n) is 37.4. The van der Waals surface area contributed by atoms with Gasteiger partial charge in [0.15, 0.2) is 0 Å². The summed E-state index contributed by atoms with van der Waals surface area (Å²) in [6.07, 6.45) is 9.31. The van der Waals surface area contributed by atoms with Gasteiger partial charge in [-0.2, -0.15) is 0 Å². The van der Waals surface area contributed by atoms with Crippen molar-refractivity contribution in [3.05, 3.63) is 225 Å². The molecule has 5 aromatic heterocycles. The van der Waals surface area contributed by atoms with Gasteiger partial charge in [0.25, 0.3) is 6.33 Å². The van der Waals surface area contributed by atoms with E-state index in [0.29, 0.717) is 11.7 Å². The van der Waals surface area contributed by atoms with Crippen LogP contribution in [0.4, 0.5) is 0 Å². The molecule has 0 spiro atoms. The third-order valence-corrected chi connectivity index (χ3v) is 13.2. The Bertz CT molecular complexity index is 3860. The van der Waals surface area contributed by atoms with Crippen molar-refractivity contribution in [2.24, 2.45) is 0 Å². The number of nitrogens with zero attached hydrogens (tertiary/aromatic N) is 6. The fourth-order valence-corrected chi connectivity index (χ4v) is 10.1. The van der Waals surface area contributed by atoms with Gasteiger partial charge in [-0.1, -0.05) is 117 Å². The standard InChI is InChI=1S/C61H42N6O/c1-39(2)41-28-31-64-58(35-41)67-57-37-47(26-27-51(57)60-52-21-12-15-40-14-11-20-49(59(40)52)48-18-3-4-19-50(48)61(60)67)68-46-17-13-16-44(36-46)65-38-66(56-25-6-5-24-55(56)65)45-33-42(53-22-7-9-29-62-53)32-43(34-45)54-23-8-10-30-63-54/h3-37,39H,1-2H3. The van der Waals surface area contributed by atoms with Crippen LogP contribution in [0.2, 0.25) is 0 Å². The lowest BCUT2D eigenvalue weighted by Gasteiger charge is -2.16. The Morgan fingerprint density at radius 1 is 0.529 bits per heavy atom. The molecule has 0 amide bonds. The van der Waals surface area contributed by atoms with Crippen molar-refractivity contribution in [1.29, 1.82) is 0 Å². The van der Waals surface area contributed by atoms with Gasteiger partial charge in [0, 0.05) is 41.2 Å². The number of imidazole rings is 1. The molecule has 68 heavy (non-hydrogen) atoms. The monoisotopic (exact) mass is 874 g/mol. The molecule has 0 aliphatic heterocycles. The van der Waals surface area contributed by atoms with E-state index in [9.17, 15) is 0 Å². The number of hydrogen-bond acceptors (Lipinski definition) is 4. The summed E-state index contributed by atoms with van der Waals surface area (Å²) < 4.78 is 13.5. The third kappa shape index (κ3) is 6.50. The Balaban J connectivity index is 0.952. The van der Waals surface area contributed by atoms with Gasteiger partial charge in [0.2, 0.25) is 0 Å². The van der Waals surface area contributed by atoms with Gasteiger partial charge >= 0.3 is 0 Å². The van der Waals surface area contributed by atoms with Crippen molar-refractivity contribution in [2.45, 2.75) is 19.8 Å². The molecule has 322 valence electrons. The number of aromatic nitrogens is 6. The fourth-order valence-electron chi connectivity index (χ4n) is 10.1. The molecule has 7 aromatic carbocycles. The largest absolute Gasteiger partial charge is 0.458 e. The van der Waals surface area contributed by atoms with Crippen LogP contribution in [-0.2, 0) is 0 Å². The highest BCUT2D eigenvalue weighted by Gasteiger charge is 2.29. The van der Waals surface area contributed by atoms with E-state index in [1.807, 2.05) is 67.1 Å². The maximum absolute atomic E-state index is 6.89. The zero-order chi connectivity index (χ0) is 45.3. The molecule has 1 aliphatic carbocycles. The summed E-state index contributed by atoms with van der Waals surface area (Å²) in [5.74, 6) is 2.63. The highest BCUT2D eigenvalue weighted by atomic mass is 16.5. The van der Waals surface area contributed by atoms with Crippen molar-refractivity contribution < 1.29 is 9.30 Å². The molecule has 0 saturated carbocycles. The summed E-state index contributed by atoms with van der Waals surface area (Å²) in [7, 11) is 0. The number of pyridine rings is 3. The van der Waals surface area contributed by atoms with Crippen molar-refractivity contribution >= 4 is 32.7 Å². The van der Waals surface area contributed by atoms with Crippen molar-refractivity contribution in [3.8, 4) is 84.7 Å². The number of ether oxygens (including phenoxy) is 1. The summed E-state index contributed by atoms with van der Waals surface area (Å²) in [5.41, 5.74) is 17.0. The first kappa shape index (κ1) is 39.4. The lowest BCUT2D eigenvalue weighted by Crippen LogP contribution is -2.29. The minimum Gasteiger partial charge on any atom is -0.458 e. The molecule has 0 fully saturated rings. The lowest BCUT2D eigenvalue weighted by molar-refractivity contribution is -0.572. The van der Waals surface area contributed by atoms with Crippen molar-refractivity contribution in [1.82, 2.24) is 24.1 Å². The van der Waals surface area contributed by atoms with Crippen LogP contribution in [0.5, 0.6) is 11.5 Å². The Hall–Kier alpha value is -8.94. The minimum absolute atomic E-state index is 0.332. The van der Waals surface area contributed by atoms with E-state index in [1.165, 1.54) is 38.6 Å². The third-order valence-electron chi connectivity index (χ3n) is 13.2. The van der Waals surface area contributed by atoms with Crippen molar-refractivity contribution in [3.63, 3.8) is 0 Å². The Morgan fingerprint density at radius 3 is 1.99 bits per heavy atom. The first-order valence-corrected chi connectivity index (χ1v) is 23.0. The smallest absolute Gasteiger partial charge is 0.269 e. The summed E-state index contributed by atoms with van der Waals surface area (Å²) in [4.78, 5) is 14.5. The van der Waals surface area contributed by atoms with Gasteiger partial charge in [0.05, 0.1) is 45.0 Å². The highest BCUT2D eigenvalue weighted by molar-refractivity contribution is 6.19. The average Bonchev–Trinajstić information content (AvgIpc) is 3.92. The topological polar surface area (TPSA) is 61.6 Å². The van der Waals surface area contributed by atoms with Crippen LogP contribution >= 0.6 is 0 Å². The second-order valence-electron chi connectivity index (χ2n) is 17.7. The minimum atomic E-state index is 0.332. The first-order chi connectivity index (χ1) is 33.5. The van der Waals surface area contributed by atoms with Gasteiger partial charge in [-0.05, 0) is 135 Å². The van der Waals surface area contributed by atoms with Crippen LogP contribution in [0.25, 0.3) is 106 Å². The predicted molar refractivity (Wildman–Crippen MR) is 273 cm³/mol. The van der Waals surface area contributed by atoms with Crippen LogP contribution in [0.3, 0.4) is 0 Å². The molecule has 7 heteroatoms. The van der Waals surface area contributed by atoms with Crippen molar-refractivity contribution in [2.75, 3.05) is 0 Å². The fraction of sp³-hybridized carbons (Fsp3) is 0.0492. The van der Waals surface area contributed by atoms with E-state index in [4.69, 9.17) is 19.7 Å². The molecule has 12 aromatic rings. The quantitative estimate of drug-likeness (QED) is 0.113. The molecule has 0 saturated heterocycles. The van der Waals surface area contributed by atoms with Gasteiger partial charge in [-0.15, -0.1) is 0 Å². The van der Waals surface area contributed by atoms with Crippen LogP contribution in [0.1, 0.15) is 25.3 Å². The number of para-hydroxylation sites is 2. The summed E-state index contributed by atoms with van der Waals surface area (Å²) in [5, 5.41) is 3.61. The first-order valence-electron chi connectivity index (χ1n) is 23.0. The predicted octanol–water partition coefficient (Wildman–Crippen LogP) is 14.6. The van der Waals surface area contributed by atoms with Gasteiger partial charge in [-0.3, -0.25) is 23.7 Å². The SMILES string of the molecule is CC(C)c1ccnc(-n2c3c(c4ccc(Oc5cccc(-n6[c-][n+](-c7cc(-c8ccccn8)cc(-c8ccccn8)c7)c7ccccc76)c5)cc42)-c2cccc4cccc(c24)-c2ccccc2-3)c1. The molecule has 5 heterocycles.